The molecule has 0 heterocycles. The number of primary amides is 1. The molecule has 2 aliphatic rings. The molecule has 2 aromatic rings. The summed E-state index contributed by atoms with van der Waals surface area (Å²) in [5.74, 6) is -0.983. The Morgan fingerprint density at radius 1 is 0.889 bits per heavy atom. The van der Waals surface area contributed by atoms with Crippen molar-refractivity contribution in [3.8, 4) is 6.07 Å². The second kappa shape index (κ2) is 7.48. The van der Waals surface area contributed by atoms with E-state index in [1.54, 1.807) is 36.4 Å². The van der Waals surface area contributed by atoms with E-state index in [0.717, 1.165) is 25.7 Å². The van der Waals surface area contributed by atoms with Gasteiger partial charge in [-0.1, -0.05) is 42.8 Å². The number of carbonyl (C=O) groups is 1. The lowest BCUT2D eigenvalue weighted by molar-refractivity contribution is -0.126. The van der Waals surface area contributed by atoms with Gasteiger partial charge in [0.05, 0.1) is 16.9 Å². The average molecular weight is 368 g/mol. The molecule has 0 unspecified atom stereocenters. The quantitative estimate of drug-likeness (QED) is 0.866. The van der Waals surface area contributed by atoms with Crippen molar-refractivity contribution in [2.45, 2.75) is 49.4 Å². The van der Waals surface area contributed by atoms with Gasteiger partial charge in [0.2, 0.25) is 5.91 Å². The van der Waals surface area contributed by atoms with E-state index >= 15 is 0 Å². The second-order valence-electron chi connectivity index (χ2n) is 7.31. The first kappa shape index (κ1) is 19.0. The standard InChI is InChI=1S/C11H12FNO.C11H10FN/c12-9-5-2-1-4-8(9)11(10(13)14)6-3-7-11;12-10-5-2-1-4-9(10)11(8-13)6-3-7-11/h1-2,4-5H,3,6-7H2,(H2,13,14);1-2,4-5H,3,6-7H2. The van der Waals surface area contributed by atoms with Gasteiger partial charge in [0.1, 0.15) is 11.6 Å². The van der Waals surface area contributed by atoms with Gasteiger partial charge in [0.15, 0.2) is 0 Å². The number of carbonyl (C=O) groups excluding carboxylic acids is 1. The van der Waals surface area contributed by atoms with E-state index in [4.69, 9.17) is 11.0 Å². The van der Waals surface area contributed by atoms with Gasteiger partial charge >= 0.3 is 0 Å². The van der Waals surface area contributed by atoms with Crippen molar-refractivity contribution in [3.05, 3.63) is 71.3 Å². The van der Waals surface area contributed by atoms with E-state index < -0.39 is 16.7 Å². The predicted molar refractivity (Wildman–Crippen MR) is 98.7 cm³/mol. The Kier molecular flexibility index (Phi) is 5.27. The van der Waals surface area contributed by atoms with E-state index in [-0.39, 0.29) is 11.6 Å². The Labute approximate surface area is 157 Å². The summed E-state index contributed by atoms with van der Waals surface area (Å²) < 4.78 is 26.8. The molecule has 0 saturated heterocycles. The van der Waals surface area contributed by atoms with Crippen LogP contribution >= 0.6 is 0 Å². The van der Waals surface area contributed by atoms with Crippen LogP contribution in [0.5, 0.6) is 0 Å². The Morgan fingerprint density at radius 3 is 1.70 bits per heavy atom. The van der Waals surface area contributed by atoms with Crippen LogP contribution in [0.4, 0.5) is 8.78 Å². The molecular weight excluding hydrogens is 346 g/mol. The minimum atomic E-state index is -0.731. The van der Waals surface area contributed by atoms with Gasteiger partial charge < -0.3 is 5.73 Å². The minimum absolute atomic E-state index is 0.247. The highest BCUT2D eigenvalue weighted by molar-refractivity contribution is 5.87. The smallest absolute Gasteiger partial charge is 0.228 e. The molecule has 0 spiro atoms. The van der Waals surface area contributed by atoms with Gasteiger partial charge in [-0.3, -0.25) is 4.79 Å². The molecule has 0 atom stereocenters. The van der Waals surface area contributed by atoms with Crippen LogP contribution in [0.2, 0.25) is 0 Å². The van der Waals surface area contributed by atoms with Gasteiger partial charge in [-0.25, -0.2) is 8.78 Å². The van der Waals surface area contributed by atoms with E-state index in [1.165, 1.54) is 12.1 Å². The summed E-state index contributed by atoms with van der Waals surface area (Å²) in [6.07, 6.45) is 4.90. The van der Waals surface area contributed by atoms with E-state index in [2.05, 4.69) is 6.07 Å². The van der Waals surface area contributed by atoms with Crippen LogP contribution in [0.15, 0.2) is 48.5 Å². The summed E-state index contributed by atoms with van der Waals surface area (Å²) in [5, 5.41) is 9.00. The van der Waals surface area contributed by atoms with Gasteiger partial charge in [0, 0.05) is 11.1 Å². The number of hydrogen-bond acceptors (Lipinski definition) is 2. The maximum absolute atomic E-state index is 13.5. The molecule has 0 radical (unpaired) electrons. The van der Waals surface area contributed by atoms with Gasteiger partial charge in [-0.2, -0.15) is 5.26 Å². The summed E-state index contributed by atoms with van der Waals surface area (Å²) in [6.45, 7) is 0. The Hall–Kier alpha value is -2.74. The third-order valence-corrected chi connectivity index (χ3v) is 5.88. The van der Waals surface area contributed by atoms with Crippen LogP contribution in [0.1, 0.15) is 49.7 Å². The number of hydrogen-bond donors (Lipinski definition) is 1. The van der Waals surface area contributed by atoms with Crippen molar-refractivity contribution >= 4 is 5.91 Å². The molecule has 5 heteroatoms. The zero-order valence-corrected chi connectivity index (χ0v) is 15.1. The highest BCUT2D eigenvalue weighted by atomic mass is 19.1. The molecule has 2 aliphatic carbocycles. The summed E-state index contributed by atoms with van der Waals surface area (Å²) in [6, 6.07) is 15.2. The molecule has 27 heavy (non-hydrogen) atoms. The highest BCUT2D eigenvalue weighted by Crippen LogP contribution is 2.44. The van der Waals surface area contributed by atoms with Crippen molar-refractivity contribution in [2.24, 2.45) is 5.73 Å². The van der Waals surface area contributed by atoms with Crippen LogP contribution in [0.3, 0.4) is 0 Å². The molecule has 4 rings (SSSR count). The van der Waals surface area contributed by atoms with Gasteiger partial charge in [-0.15, -0.1) is 0 Å². The van der Waals surface area contributed by atoms with Gasteiger partial charge in [0.25, 0.3) is 0 Å². The molecule has 2 N–H and O–H groups in total. The molecular formula is C22H22F2N2O. The number of nitriles is 1. The third kappa shape index (κ3) is 3.32. The van der Waals surface area contributed by atoms with E-state index in [0.29, 0.717) is 24.0 Å². The molecule has 140 valence electrons. The largest absolute Gasteiger partial charge is 0.369 e. The monoisotopic (exact) mass is 368 g/mol. The zero-order chi connectivity index (χ0) is 19.5. The van der Waals surface area contributed by atoms with Crippen LogP contribution in [-0.2, 0) is 15.6 Å². The first-order valence-electron chi connectivity index (χ1n) is 9.16. The highest BCUT2D eigenvalue weighted by Gasteiger charge is 2.45. The molecule has 2 aromatic carbocycles. The fourth-order valence-corrected chi connectivity index (χ4v) is 3.85. The fourth-order valence-electron chi connectivity index (χ4n) is 3.85. The number of halogens is 2. The molecule has 1 amide bonds. The number of nitrogens with two attached hydrogens (primary N) is 1. The number of amides is 1. The topological polar surface area (TPSA) is 66.9 Å². The van der Waals surface area contributed by atoms with Gasteiger partial charge in [-0.05, 0) is 44.2 Å². The molecule has 3 nitrogen and oxygen atoms in total. The van der Waals surface area contributed by atoms with Crippen molar-refractivity contribution in [2.75, 3.05) is 0 Å². The lowest BCUT2D eigenvalue weighted by Crippen LogP contribution is -2.47. The first-order chi connectivity index (χ1) is 12.9. The number of nitrogens with zero attached hydrogens (tertiary/aromatic N) is 1. The maximum atomic E-state index is 13.5. The normalized spacial score (nSPS) is 18.7. The lowest BCUT2D eigenvalue weighted by Gasteiger charge is -2.39. The zero-order valence-electron chi connectivity index (χ0n) is 15.1. The summed E-state index contributed by atoms with van der Waals surface area (Å²) in [5.41, 5.74) is 5.10. The van der Waals surface area contributed by atoms with E-state index in [9.17, 15) is 13.6 Å². The van der Waals surface area contributed by atoms with Crippen LogP contribution in [0.25, 0.3) is 0 Å². The van der Waals surface area contributed by atoms with E-state index in [1.807, 2.05) is 0 Å². The SMILES string of the molecule is N#CC1(c2ccccc2F)CCC1.NC(=O)C1(c2ccccc2F)CCC1. The third-order valence-electron chi connectivity index (χ3n) is 5.88. The Bertz CT molecular complexity index is 880. The summed E-state index contributed by atoms with van der Waals surface area (Å²) in [4.78, 5) is 11.3. The molecule has 2 fully saturated rings. The molecule has 0 aliphatic heterocycles. The Balaban J connectivity index is 0.000000156. The number of benzene rings is 2. The van der Waals surface area contributed by atoms with Crippen LogP contribution < -0.4 is 5.73 Å². The maximum Gasteiger partial charge on any atom is 0.228 e. The second-order valence-corrected chi connectivity index (χ2v) is 7.31. The van der Waals surface area contributed by atoms with Crippen molar-refractivity contribution in [1.29, 1.82) is 5.26 Å². The first-order valence-corrected chi connectivity index (χ1v) is 9.16. The fraction of sp³-hybridized carbons (Fsp3) is 0.364. The lowest BCUT2D eigenvalue weighted by atomic mass is 9.64. The molecule has 0 aromatic heterocycles. The van der Waals surface area contributed by atoms with Crippen LogP contribution in [0, 0.1) is 23.0 Å². The predicted octanol–water partition coefficient (Wildman–Crippen LogP) is 4.50. The number of rotatable bonds is 3. The molecule has 2 saturated carbocycles. The molecule has 0 bridgehead atoms. The minimum Gasteiger partial charge on any atom is -0.369 e. The summed E-state index contributed by atoms with van der Waals surface area (Å²) >= 11 is 0. The summed E-state index contributed by atoms with van der Waals surface area (Å²) in [7, 11) is 0. The van der Waals surface area contributed by atoms with Crippen molar-refractivity contribution in [3.63, 3.8) is 0 Å². The van der Waals surface area contributed by atoms with Crippen molar-refractivity contribution < 1.29 is 13.6 Å². The Morgan fingerprint density at radius 2 is 1.37 bits per heavy atom. The van der Waals surface area contributed by atoms with Crippen molar-refractivity contribution in [1.82, 2.24) is 0 Å². The average Bonchev–Trinajstić information content (AvgIpc) is 2.57. The van der Waals surface area contributed by atoms with Crippen LogP contribution in [-0.4, -0.2) is 5.91 Å².